The van der Waals surface area contributed by atoms with Gasteiger partial charge < -0.3 is 5.32 Å². The third-order valence-corrected chi connectivity index (χ3v) is 2.04. The van der Waals surface area contributed by atoms with Crippen LogP contribution in [-0.4, -0.2) is 44.0 Å². The summed E-state index contributed by atoms with van der Waals surface area (Å²) in [7, 11) is 3.41. The van der Waals surface area contributed by atoms with Gasteiger partial charge in [0.1, 0.15) is 0 Å². The van der Waals surface area contributed by atoms with E-state index in [0.29, 0.717) is 6.54 Å². The summed E-state index contributed by atoms with van der Waals surface area (Å²) < 4.78 is 24.8. The standard InChI is InChI=1S/C8H18F2N2/c1-6(2)12(4)7(5-11-3)8(9)10/h6-8,11H,5H2,1-4H3. The van der Waals surface area contributed by atoms with Gasteiger partial charge in [0.2, 0.25) is 0 Å². The summed E-state index contributed by atoms with van der Waals surface area (Å²) in [6.07, 6.45) is -2.29. The molecule has 0 spiro atoms. The largest absolute Gasteiger partial charge is 0.318 e. The Hall–Kier alpha value is -0.220. The molecule has 0 fully saturated rings. The van der Waals surface area contributed by atoms with Crippen LogP contribution in [0.15, 0.2) is 0 Å². The Balaban J connectivity index is 4.09. The average Bonchev–Trinajstić information content (AvgIpc) is 1.98. The van der Waals surface area contributed by atoms with Crippen molar-refractivity contribution in [2.24, 2.45) is 0 Å². The Morgan fingerprint density at radius 1 is 1.33 bits per heavy atom. The molecule has 0 bridgehead atoms. The van der Waals surface area contributed by atoms with Gasteiger partial charge in [0, 0.05) is 12.6 Å². The fourth-order valence-electron chi connectivity index (χ4n) is 1.00. The lowest BCUT2D eigenvalue weighted by Gasteiger charge is -2.30. The second-order valence-corrected chi connectivity index (χ2v) is 3.22. The van der Waals surface area contributed by atoms with Crippen LogP contribution < -0.4 is 5.32 Å². The lowest BCUT2D eigenvalue weighted by molar-refractivity contribution is 0.0254. The summed E-state index contributed by atoms with van der Waals surface area (Å²) in [4.78, 5) is 1.68. The molecule has 1 unspecified atom stereocenters. The van der Waals surface area contributed by atoms with Crippen molar-refractivity contribution in [3.05, 3.63) is 0 Å². The van der Waals surface area contributed by atoms with Crippen LogP contribution in [0.25, 0.3) is 0 Å². The monoisotopic (exact) mass is 180 g/mol. The van der Waals surface area contributed by atoms with Crippen molar-refractivity contribution in [1.29, 1.82) is 0 Å². The highest BCUT2D eigenvalue weighted by Crippen LogP contribution is 2.10. The molecule has 0 aromatic heterocycles. The number of likely N-dealkylation sites (N-methyl/N-ethyl adjacent to an activating group) is 2. The van der Waals surface area contributed by atoms with Gasteiger partial charge in [-0.1, -0.05) is 0 Å². The van der Waals surface area contributed by atoms with Gasteiger partial charge in [-0.2, -0.15) is 0 Å². The Kier molecular flexibility index (Phi) is 5.33. The molecule has 2 nitrogen and oxygen atoms in total. The Labute approximate surface area is 72.9 Å². The predicted octanol–water partition coefficient (Wildman–Crippen LogP) is 1.18. The molecule has 74 valence electrons. The molecule has 0 heterocycles. The Bertz CT molecular complexity index is 118. The fraction of sp³-hybridized carbons (Fsp3) is 1.00. The SMILES string of the molecule is CNCC(C(F)F)N(C)C(C)C. The highest BCUT2D eigenvalue weighted by molar-refractivity contribution is 4.75. The van der Waals surface area contributed by atoms with Crippen LogP contribution in [0.5, 0.6) is 0 Å². The molecule has 0 aromatic rings. The molecule has 0 aliphatic heterocycles. The molecule has 0 aromatic carbocycles. The van der Waals surface area contributed by atoms with Crippen LogP contribution in [0.3, 0.4) is 0 Å². The minimum Gasteiger partial charge on any atom is -0.318 e. The number of alkyl halides is 2. The van der Waals surface area contributed by atoms with Gasteiger partial charge in [-0.3, -0.25) is 4.90 Å². The molecule has 0 rings (SSSR count). The molecule has 0 aliphatic carbocycles. The van der Waals surface area contributed by atoms with E-state index in [4.69, 9.17) is 0 Å². The molecule has 0 saturated heterocycles. The van der Waals surface area contributed by atoms with Crippen molar-refractivity contribution in [2.75, 3.05) is 20.6 Å². The number of rotatable bonds is 5. The predicted molar refractivity (Wildman–Crippen MR) is 46.6 cm³/mol. The fourth-order valence-corrected chi connectivity index (χ4v) is 1.00. The summed E-state index contributed by atoms with van der Waals surface area (Å²) >= 11 is 0. The summed E-state index contributed by atoms with van der Waals surface area (Å²) in [6.45, 7) is 4.14. The third kappa shape index (κ3) is 3.45. The first-order chi connectivity index (χ1) is 5.50. The van der Waals surface area contributed by atoms with E-state index in [0.717, 1.165) is 0 Å². The first-order valence-corrected chi connectivity index (χ1v) is 4.15. The van der Waals surface area contributed by atoms with Crippen LogP contribution in [-0.2, 0) is 0 Å². The van der Waals surface area contributed by atoms with Crippen molar-refractivity contribution in [2.45, 2.75) is 32.4 Å². The van der Waals surface area contributed by atoms with Crippen LogP contribution in [0.1, 0.15) is 13.8 Å². The van der Waals surface area contributed by atoms with Gasteiger partial charge >= 0.3 is 0 Å². The van der Waals surface area contributed by atoms with Gasteiger partial charge in [-0.05, 0) is 27.9 Å². The first kappa shape index (κ1) is 11.8. The zero-order valence-electron chi connectivity index (χ0n) is 8.14. The first-order valence-electron chi connectivity index (χ1n) is 4.15. The zero-order chi connectivity index (χ0) is 9.72. The molecule has 0 amide bonds. The molecular weight excluding hydrogens is 162 g/mol. The zero-order valence-corrected chi connectivity index (χ0v) is 8.14. The topological polar surface area (TPSA) is 15.3 Å². The summed E-state index contributed by atoms with van der Waals surface area (Å²) in [5, 5.41) is 2.76. The van der Waals surface area contributed by atoms with Crippen LogP contribution in [0, 0.1) is 0 Å². The van der Waals surface area contributed by atoms with Crippen molar-refractivity contribution < 1.29 is 8.78 Å². The molecule has 1 N–H and O–H groups in total. The van der Waals surface area contributed by atoms with Gasteiger partial charge in [-0.25, -0.2) is 8.78 Å². The van der Waals surface area contributed by atoms with Gasteiger partial charge in [0.25, 0.3) is 6.43 Å². The average molecular weight is 180 g/mol. The van der Waals surface area contributed by atoms with E-state index in [9.17, 15) is 8.78 Å². The van der Waals surface area contributed by atoms with Gasteiger partial charge in [0.05, 0.1) is 6.04 Å². The highest BCUT2D eigenvalue weighted by Gasteiger charge is 2.25. The lowest BCUT2D eigenvalue weighted by atomic mass is 10.2. The van der Waals surface area contributed by atoms with Gasteiger partial charge in [-0.15, -0.1) is 0 Å². The third-order valence-electron chi connectivity index (χ3n) is 2.04. The van der Waals surface area contributed by atoms with Crippen LogP contribution in [0.4, 0.5) is 8.78 Å². The minimum atomic E-state index is -2.29. The Morgan fingerprint density at radius 3 is 2.08 bits per heavy atom. The molecule has 12 heavy (non-hydrogen) atoms. The molecule has 0 radical (unpaired) electrons. The van der Waals surface area contributed by atoms with E-state index in [2.05, 4.69) is 5.32 Å². The maximum Gasteiger partial charge on any atom is 0.255 e. The Morgan fingerprint density at radius 2 is 1.83 bits per heavy atom. The van der Waals surface area contributed by atoms with E-state index >= 15 is 0 Å². The van der Waals surface area contributed by atoms with E-state index in [-0.39, 0.29) is 6.04 Å². The van der Waals surface area contributed by atoms with Crippen LogP contribution >= 0.6 is 0 Å². The maximum atomic E-state index is 12.4. The summed E-state index contributed by atoms with van der Waals surface area (Å²) in [5.74, 6) is 0. The van der Waals surface area contributed by atoms with Crippen molar-refractivity contribution >= 4 is 0 Å². The molecular formula is C8H18F2N2. The number of hydrogen-bond acceptors (Lipinski definition) is 2. The summed E-state index contributed by atoms with van der Waals surface area (Å²) in [6, 6.07) is -0.535. The van der Waals surface area contributed by atoms with Gasteiger partial charge in [0.15, 0.2) is 0 Å². The quantitative estimate of drug-likeness (QED) is 0.683. The highest BCUT2D eigenvalue weighted by atomic mass is 19.3. The van der Waals surface area contributed by atoms with E-state index in [1.54, 1.807) is 19.0 Å². The second-order valence-electron chi connectivity index (χ2n) is 3.22. The van der Waals surface area contributed by atoms with Crippen molar-refractivity contribution in [1.82, 2.24) is 10.2 Å². The van der Waals surface area contributed by atoms with E-state index < -0.39 is 12.5 Å². The van der Waals surface area contributed by atoms with Crippen LogP contribution in [0.2, 0.25) is 0 Å². The number of nitrogens with zero attached hydrogens (tertiary/aromatic N) is 1. The molecule has 4 heteroatoms. The lowest BCUT2D eigenvalue weighted by Crippen LogP contribution is -2.47. The van der Waals surface area contributed by atoms with Crippen molar-refractivity contribution in [3.63, 3.8) is 0 Å². The minimum absolute atomic E-state index is 0.150. The normalized spacial score (nSPS) is 14.8. The van der Waals surface area contributed by atoms with Crippen molar-refractivity contribution in [3.8, 4) is 0 Å². The van der Waals surface area contributed by atoms with E-state index in [1.165, 1.54) is 0 Å². The number of halogens is 2. The summed E-state index contributed by atoms with van der Waals surface area (Å²) in [5.41, 5.74) is 0. The molecule has 0 aliphatic rings. The smallest absolute Gasteiger partial charge is 0.255 e. The second kappa shape index (κ2) is 5.43. The van der Waals surface area contributed by atoms with E-state index in [1.807, 2.05) is 13.8 Å². The molecule has 0 saturated carbocycles. The maximum absolute atomic E-state index is 12.4. The number of hydrogen-bond donors (Lipinski definition) is 1. The molecule has 1 atom stereocenters. The number of nitrogens with one attached hydrogen (secondary N) is 1.